The van der Waals surface area contributed by atoms with Gasteiger partial charge in [0.15, 0.2) is 5.96 Å². The molecular formula is C19H29BrN6O. The van der Waals surface area contributed by atoms with Crippen molar-refractivity contribution in [2.45, 2.75) is 19.1 Å². The molecule has 0 fully saturated rings. The van der Waals surface area contributed by atoms with Crippen LogP contribution in [0.1, 0.15) is 18.5 Å². The molecule has 1 aromatic carbocycles. The number of aromatic nitrogens is 2. The van der Waals surface area contributed by atoms with E-state index in [1.807, 2.05) is 55.3 Å². The maximum Gasteiger partial charge on any atom is 0.191 e. The quantitative estimate of drug-likeness (QED) is 0.491. The summed E-state index contributed by atoms with van der Waals surface area (Å²) in [6.45, 7) is 3.39. The highest BCUT2D eigenvalue weighted by Gasteiger charge is 2.16. The van der Waals surface area contributed by atoms with Gasteiger partial charge >= 0.3 is 0 Å². The van der Waals surface area contributed by atoms with Crippen molar-refractivity contribution in [2.24, 2.45) is 12.0 Å². The zero-order valence-electron chi connectivity index (χ0n) is 16.6. The molecule has 0 radical (unpaired) electrons. The molecule has 0 amide bonds. The van der Waals surface area contributed by atoms with Crippen LogP contribution in [-0.4, -0.2) is 61.0 Å². The van der Waals surface area contributed by atoms with Gasteiger partial charge in [-0.2, -0.15) is 5.10 Å². The van der Waals surface area contributed by atoms with Gasteiger partial charge in [0, 0.05) is 32.4 Å². The first-order valence-corrected chi connectivity index (χ1v) is 9.70. The number of nitrogens with zero attached hydrogens (tertiary/aromatic N) is 4. The molecule has 148 valence electrons. The molecule has 2 atom stereocenters. The molecule has 8 heteroatoms. The fourth-order valence-electron chi connectivity index (χ4n) is 2.66. The number of guanidine groups is 1. The van der Waals surface area contributed by atoms with Gasteiger partial charge in [0.05, 0.1) is 23.3 Å². The number of nitrogens with one attached hydrogen (secondary N) is 2. The van der Waals surface area contributed by atoms with Crippen molar-refractivity contribution in [2.75, 3.05) is 34.2 Å². The molecule has 1 heterocycles. The van der Waals surface area contributed by atoms with Crippen molar-refractivity contribution in [3.8, 4) is 5.75 Å². The minimum Gasteiger partial charge on any atom is -0.488 e. The van der Waals surface area contributed by atoms with Crippen LogP contribution in [0.3, 0.4) is 0 Å². The van der Waals surface area contributed by atoms with Gasteiger partial charge < -0.3 is 20.3 Å². The zero-order valence-corrected chi connectivity index (χ0v) is 18.2. The molecule has 0 saturated carbocycles. The molecule has 27 heavy (non-hydrogen) atoms. The molecule has 2 N–H and O–H groups in total. The lowest BCUT2D eigenvalue weighted by molar-refractivity contribution is 0.222. The smallest absolute Gasteiger partial charge is 0.191 e. The number of aliphatic imine (C=N–C) groups is 1. The van der Waals surface area contributed by atoms with Gasteiger partial charge in [-0.3, -0.25) is 9.67 Å². The van der Waals surface area contributed by atoms with Crippen molar-refractivity contribution >= 4 is 21.9 Å². The average molecular weight is 437 g/mol. The predicted molar refractivity (Wildman–Crippen MR) is 113 cm³/mol. The van der Waals surface area contributed by atoms with E-state index >= 15 is 0 Å². The Bertz CT molecular complexity index is 745. The van der Waals surface area contributed by atoms with Gasteiger partial charge in [0.2, 0.25) is 0 Å². The number of hydrogen-bond acceptors (Lipinski definition) is 4. The predicted octanol–water partition coefficient (Wildman–Crippen LogP) is 2.42. The molecule has 2 unspecified atom stereocenters. The number of para-hydroxylation sites is 1. The number of aryl methyl sites for hydroxylation is 1. The number of benzene rings is 1. The minimum atomic E-state index is -0.00906. The van der Waals surface area contributed by atoms with E-state index in [0.717, 1.165) is 28.3 Å². The van der Waals surface area contributed by atoms with Gasteiger partial charge in [-0.1, -0.05) is 12.1 Å². The highest BCUT2D eigenvalue weighted by atomic mass is 79.9. The number of likely N-dealkylation sites (N-methyl/N-ethyl adjacent to an activating group) is 1. The normalized spacial score (nSPS) is 14.1. The van der Waals surface area contributed by atoms with E-state index in [9.17, 15) is 0 Å². The van der Waals surface area contributed by atoms with E-state index in [1.165, 1.54) is 0 Å². The molecule has 0 aliphatic heterocycles. The van der Waals surface area contributed by atoms with Crippen LogP contribution in [0.5, 0.6) is 5.75 Å². The molecule has 0 spiro atoms. The lowest BCUT2D eigenvalue weighted by Crippen LogP contribution is -2.44. The Balaban J connectivity index is 1.85. The number of ether oxygens (including phenoxy) is 1. The number of hydrogen-bond donors (Lipinski definition) is 2. The lowest BCUT2D eigenvalue weighted by atomic mass is 10.1. The van der Waals surface area contributed by atoms with Crippen LogP contribution in [0.2, 0.25) is 0 Å². The third-order valence-corrected chi connectivity index (χ3v) is 4.80. The fraction of sp³-hybridized carbons (Fsp3) is 0.474. The summed E-state index contributed by atoms with van der Waals surface area (Å²) in [6.07, 6.45) is 3.93. The van der Waals surface area contributed by atoms with Crippen LogP contribution in [0.15, 0.2) is 46.1 Å². The van der Waals surface area contributed by atoms with E-state index in [1.54, 1.807) is 7.05 Å². The molecule has 2 rings (SSSR count). The Morgan fingerprint density at radius 1 is 1.30 bits per heavy atom. The second-order valence-electron chi connectivity index (χ2n) is 6.62. The second-order valence-corrected chi connectivity index (χ2v) is 7.47. The molecule has 2 aromatic rings. The maximum atomic E-state index is 5.96. The van der Waals surface area contributed by atoms with Gasteiger partial charge in [0.1, 0.15) is 11.9 Å². The molecule has 0 bridgehead atoms. The summed E-state index contributed by atoms with van der Waals surface area (Å²) in [5.74, 6) is 1.58. The van der Waals surface area contributed by atoms with Gasteiger partial charge in [-0.05, 0) is 49.1 Å². The first kappa shape index (κ1) is 21.2. The van der Waals surface area contributed by atoms with E-state index < -0.39 is 0 Å². The first-order chi connectivity index (χ1) is 12.9. The van der Waals surface area contributed by atoms with E-state index in [-0.39, 0.29) is 12.1 Å². The average Bonchev–Trinajstić information content (AvgIpc) is 3.05. The highest BCUT2D eigenvalue weighted by Crippen LogP contribution is 2.24. The van der Waals surface area contributed by atoms with Crippen LogP contribution in [0.4, 0.5) is 0 Å². The largest absolute Gasteiger partial charge is 0.488 e. The standard InChI is InChI=1S/C19H29BrN6O/c1-14(27-18-9-7-6-8-16(18)20)10-22-19(21-2)23-12-17(25(3)4)15-11-24-26(5)13-15/h6-9,11,13-14,17H,10,12H2,1-5H3,(H2,21,22,23). The van der Waals surface area contributed by atoms with E-state index in [2.05, 4.69) is 55.6 Å². The van der Waals surface area contributed by atoms with Crippen molar-refractivity contribution in [3.63, 3.8) is 0 Å². The summed E-state index contributed by atoms with van der Waals surface area (Å²) in [5, 5.41) is 11.0. The summed E-state index contributed by atoms with van der Waals surface area (Å²) in [6, 6.07) is 8.04. The monoisotopic (exact) mass is 436 g/mol. The fourth-order valence-corrected chi connectivity index (χ4v) is 3.04. The Kier molecular flexibility index (Phi) is 8.12. The lowest BCUT2D eigenvalue weighted by Gasteiger charge is -2.25. The van der Waals surface area contributed by atoms with Gasteiger partial charge in [-0.25, -0.2) is 0 Å². The molecular weight excluding hydrogens is 408 g/mol. The van der Waals surface area contributed by atoms with Crippen molar-refractivity contribution in [1.82, 2.24) is 25.3 Å². The van der Waals surface area contributed by atoms with Crippen LogP contribution in [0.25, 0.3) is 0 Å². The van der Waals surface area contributed by atoms with Gasteiger partial charge in [0.25, 0.3) is 0 Å². The highest BCUT2D eigenvalue weighted by molar-refractivity contribution is 9.10. The third kappa shape index (κ3) is 6.55. The zero-order chi connectivity index (χ0) is 19.8. The van der Waals surface area contributed by atoms with Gasteiger partial charge in [-0.15, -0.1) is 0 Å². The SMILES string of the molecule is CN=C(NCC(C)Oc1ccccc1Br)NCC(c1cnn(C)c1)N(C)C. The Morgan fingerprint density at radius 2 is 2.00 bits per heavy atom. The van der Waals surface area contributed by atoms with Crippen molar-refractivity contribution in [3.05, 3.63) is 46.7 Å². The van der Waals surface area contributed by atoms with Crippen LogP contribution < -0.4 is 15.4 Å². The number of rotatable bonds is 8. The Labute approximate surface area is 169 Å². The van der Waals surface area contributed by atoms with Crippen LogP contribution >= 0.6 is 15.9 Å². The van der Waals surface area contributed by atoms with Crippen molar-refractivity contribution < 1.29 is 4.74 Å². The van der Waals surface area contributed by atoms with Crippen LogP contribution in [-0.2, 0) is 7.05 Å². The Hall–Kier alpha value is -2.06. The summed E-state index contributed by atoms with van der Waals surface area (Å²) in [4.78, 5) is 6.47. The van der Waals surface area contributed by atoms with Crippen LogP contribution in [0, 0.1) is 0 Å². The third-order valence-electron chi connectivity index (χ3n) is 4.14. The molecule has 7 nitrogen and oxygen atoms in total. The molecule has 0 aliphatic carbocycles. The molecule has 1 aromatic heterocycles. The topological polar surface area (TPSA) is 66.7 Å². The second kappa shape index (κ2) is 10.3. The minimum absolute atomic E-state index is 0.00906. The molecule has 0 aliphatic rings. The van der Waals surface area contributed by atoms with Crippen molar-refractivity contribution in [1.29, 1.82) is 0 Å². The summed E-state index contributed by atoms with van der Waals surface area (Å²) < 4.78 is 8.73. The van der Waals surface area contributed by atoms with E-state index in [0.29, 0.717) is 6.54 Å². The summed E-state index contributed by atoms with van der Waals surface area (Å²) >= 11 is 3.50. The number of halogens is 1. The molecule has 0 saturated heterocycles. The summed E-state index contributed by atoms with van der Waals surface area (Å²) in [7, 11) is 7.81. The maximum absolute atomic E-state index is 5.96. The summed E-state index contributed by atoms with van der Waals surface area (Å²) in [5.41, 5.74) is 1.16. The first-order valence-electron chi connectivity index (χ1n) is 8.91. The van der Waals surface area contributed by atoms with E-state index in [4.69, 9.17) is 4.74 Å². The Morgan fingerprint density at radius 3 is 2.59 bits per heavy atom.